The molecule has 2 heterocycles. The lowest BCUT2D eigenvalue weighted by molar-refractivity contribution is 0.340. The van der Waals surface area contributed by atoms with Crippen LogP contribution in [0, 0.1) is 0 Å². The van der Waals surface area contributed by atoms with Gasteiger partial charge in [-0.3, -0.25) is 0 Å². The maximum atomic E-state index is 5.52. The fraction of sp³-hybridized carbons (Fsp3) is 0.571. The Labute approximate surface area is 191 Å². The maximum Gasteiger partial charge on any atom is 0.194 e. The Kier molecular flexibility index (Phi) is 9.69. The molecule has 0 saturated heterocycles. The highest BCUT2D eigenvalue weighted by molar-refractivity contribution is 14.0. The number of nitrogens with one attached hydrogen (secondary N) is 1. The summed E-state index contributed by atoms with van der Waals surface area (Å²) in [5.41, 5.74) is 1.22. The van der Waals surface area contributed by atoms with E-state index in [1.807, 2.05) is 19.1 Å². The number of nitrogens with zero attached hydrogens (tertiary/aromatic N) is 5. The first-order chi connectivity index (χ1) is 13.7. The van der Waals surface area contributed by atoms with Crippen LogP contribution in [0.4, 0.5) is 0 Å². The summed E-state index contributed by atoms with van der Waals surface area (Å²) in [5, 5.41) is 12.1. The molecule has 0 fully saturated rings. The summed E-state index contributed by atoms with van der Waals surface area (Å²) in [7, 11) is 2.06. The summed E-state index contributed by atoms with van der Waals surface area (Å²) in [6.45, 7) is 7.91. The SMILES string of the molecule is CCNC(=NCc1nnc2n1CCCCC2)N(C)Cc1ccc(OCC)cc1.I. The molecule has 2 aromatic rings. The van der Waals surface area contributed by atoms with Crippen molar-refractivity contribution in [2.75, 3.05) is 20.2 Å². The topological polar surface area (TPSA) is 67.6 Å². The molecule has 160 valence electrons. The number of guanidine groups is 1. The Morgan fingerprint density at radius 2 is 1.97 bits per heavy atom. The predicted molar refractivity (Wildman–Crippen MR) is 127 cm³/mol. The van der Waals surface area contributed by atoms with Crippen LogP contribution in [-0.4, -0.2) is 45.8 Å². The minimum absolute atomic E-state index is 0. The number of aryl methyl sites for hydroxylation is 1. The average Bonchev–Trinajstić information content (AvgIpc) is 2.93. The molecule has 3 rings (SSSR count). The van der Waals surface area contributed by atoms with Crippen molar-refractivity contribution in [3.63, 3.8) is 0 Å². The highest BCUT2D eigenvalue weighted by Crippen LogP contribution is 2.16. The number of rotatable bonds is 7. The summed E-state index contributed by atoms with van der Waals surface area (Å²) in [6, 6.07) is 8.23. The van der Waals surface area contributed by atoms with Gasteiger partial charge in [-0.25, -0.2) is 4.99 Å². The standard InChI is InChI=1S/C21H32N6O.HI/c1-4-22-21(26(3)16-17-10-12-18(13-11-17)28-5-2)23-15-20-25-24-19-9-7-6-8-14-27(19)20;/h10-13H,4-9,14-16H2,1-3H3,(H,22,23);1H. The van der Waals surface area contributed by atoms with Crippen molar-refractivity contribution >= 4 is 29.9 Å². The van der Waals surface area contributed by atoms with Crippen molar-refractivity contribution in [3.05, 3.63) is 41.5 Å². The smallest absolute Gasteiger partial charge is 0.194 e. The molecule has 1 N–H and O–H groups in total. The zero-order valence-electron chi connectivity index (χ0n) is 17.7. The minimum Gasteiger partial charge on any atom is -0.494 e. The van der Waals surface area contributed by atoms with Gasteiger partial charge < -0.3 is 19.5 Å². The number of halogens is 1. The lowest BCUT2D eigenvalue weighted by Crippen LogP contribution is -2.38. The van der Waals surface area contributed by atoms with Gasteiger partial charge in [0.2, 0.25) is 0 Å². The van der Waals surface area contributed by atoms with E-state index in [0.29, 0.717) is 13.2 Å². The summed E-state index contributed by atoms with van der Waals surface area (Å²) in [5.74, 6) is 3.85. The predicted octanol–water partition coefficient (Wildman–Crippen LogP) is 3.62. The number of benzene rings is 1. The van der Waals surface area contributed by atoms with E-state index in [0.717, 1.165) is 49.4 Å². The molecule has 1 aromatic carbocycles. The molecular weight excluding hydrogens is 479 g/mol. The molecule has 0 unspecified atom stereocenters. The molecule has 1 aromatic heterocycles. The van der Waals surface area contributed by atoms with Crippen molar-refractivity contribution in [2.24, 2.45) is 4.99 Å². The van der Waals surface area contributed by atoms with Crippen LogP contribution < -0.4 is 10.1 Å². The molecule has 1 aliphatic heterocycles. The Hall–Kier alpha value is -1.84. The normalized spacial score (nSPS) is 13.8. The van der Waals surface area contributed by atoms with Gasteiger partial charge in [-0.15, -0.1) is 34.2 Å². The van der Waals surface area contributed by atoms with E-state index < -0.39 is 0 Å². The Morgan fingerprint density at radius 3 is 2.69 bits per heavy atom. The number of fused-ring (bicyclic) bond motifs is 1. The average molecular weight is 512 g/mol. The van der Waals surface area contributed by atoms with E-state index in [1.165, 1.54) is 24.8 Å². The Morgan fingerprint density at radius 1 is 1.17 bits per heavy atom. The van der Waals surface area contributed by atoms with Crippen LogP contribution >= 0.6 is 24.0 Å². The van der Waals surface area contributed by atoms with Crippen molar-refractivity contribution in [2.45, 2.75) is 59.2 Å². The second-order valence-corrected chi connectivity index (χ2v) is 7.10. The Bertz CT molecular complexity index is 774. The molecule has 7 nitrogen and oxygen atoms in total. The van der Waals surface area contributed by atoms with Crippen LogP contribution in [0.15, 0.2) is 29.3 Å². The molecule has 0 radical (unpaired) electrons. The van der Waals surface area contributed by atoms with Gasteiger partial charge in [0.05, 0.1) is 6.61 Å². The van der Waals surface area contributed by atoms with Gasteiger partial charge in [0.1, 0.15) is 18.1 Å². The molecule has 0 aliphatic carbocycles. The van der Waals surface area contributed by atoms with Gasteiger partial charge in [0.25, 0.3) is 0 Å². The van der Waals surface area contributed by atoms with Crippen molar-refractivity contribution in [1.82, 2.24) is 25.0 Å². The first-order valence-electron chi connectivity index (χ1n) is 10.3. The Balaban J connectivity index is 0.00000300. The minimum atomic E-state index is 0. The number of aliphatic imine (C=N–C) groups is 1. The van der Waals surface area contributed by atoms with Crippen molar-refractivity contribution in [3.8, 4) is 5.75 Å². The third-order valence-electron chi connectivity index (χ3n) is 4.91. The lowest BCUT2D eigenvalue weighted by atomic mass is 10.2. The lowest BCUT2D eigenvalue weighted by Gasteiger charge is -2.22. The van der Waals surface area contributed by atoms with E-state index >= 15 is 0 Å². The van der Waals surface area contributed by atoms with Crippen LogP contribution in [0.3, 0.4) is 0 Å². The zero-order valence-corrected chi connectivity index (χ0v) is 20.1. The largest absolute Gasteiger partial charge is 0.494 e. The zero-order chi connectivity index (χ0) is 19.8. The molecule has 0 amide bonds. The van der Waals surface area contributed by atoms with Crippen molar-refractivity contribution in [1.29, 1.82) is 0 Å². The van der Waals surface area contributed by atoms with E-state index in [9.17, 15) is 0 Å². The maximum absolute atomic E-state index is 5.52. The first kappa shape index (κ1) is 23.4. The molecule has 0 spiro atoms. The van der Waals surface area contributed by atoms with Gasteiger partial charge in [-0.2, -0.15) is 0 Å². The quantitative estimate of drug-likeness (QED) is 0.349. The molecule has 0 atom stereocenters. The van der Waals surface area contributed by atoms with E-state index in [4.69, 9.17) is 9.73 Å². The molecule has 0 saturated carbocycles. The second-order valence-electron chi connectivity index (χ2n) is 7.10. The van der Waals surface area contributed by atoms with Crippen LogP contribution in [0.2, 0.25) is 0 Å². The molecule has 8 heteroatoms. The number of hydrogen-bond donors (Lipinski definition) is 1. The summed E-state index contributed by atoms with van der Waals surface area (Å²) in [6.07, 6.45) is 4.68. The third kappa shape index (κ3) is 6.58. The van der Waals surface area contributed by atoms with E-state index in [1.54, 1.807) is 0 Å². The summed E-state index contributed by atoms with van der Waals surface area (Å²) in [4.78, 5) is 6.96. The van der Waals surface area contributed by atoms with Crippen LogP contribution in [0.25, 0.3) is 0 Å². The van der Waals surface area contributed by atoms with Gasteiger partial charge >= 0.3 is 0 Å². The second kappa shape index (κ2) is 12.0. The first-order valence-corrected chi connectivity index (χ1v) is 10.3. The number of aromatic nitrogens is 3. The molecular formula is C21H33IN6O. The third-order valence-corrected chi connectivity index (χ3v) is 4.91. The highest BCUT2D eigenvalue weighted by Gasteiger charge is 2.15. The summed E-state index contributed by atoms with van der Waals surface area (Å²) < 4.78 is 7.78. The molecule has 0 bridgehead atoms. The fourth-order valence-electron chi connectivity index (χ4n) is 3.48. The van der Waals surface area contributed by atoms with Crippen LogP contribution in [0.1, 0.15) is 50.3 Å². The molecule has 1 aliphatic rings. The highest BCUT2D eigenvalue weighted by atomic mass is 127. The van der Waals surface area contributed by atoms with Crippen LogP contribution in [0.5, 0.6) is 5.75 Å². The van der Waals surface area contributed by atoms with Crippen LogP contribution in [-0.2, 0) is 26.1 Å². The monoisotopic (exact) mass is 512 g/mol. The van der Waals surface area contributed by atoms with Crippen molar-refractivity contribution < 1.29 is 4.74 Å². The molecule has 29 heavy (non-hydrogen) atoms. The van der Waals surface area contributed by atoms with Gasteiger partial charge in [0.15, 0.2) is 11.8 Å². The van der Waals surface area contributed by atoms with E-state index in [2.05, 4.69) is 51.1 Å². The van der Waals surface area contributed by atoms with Gasteiger partial charge in [0, 0.05) is 33.1 Å². The van der Waals surface area contributed by atoms with E-state index in [-0.39, 0.29) is 24.0 Å². The van der Waals surface area contributed by atoms with Gasteiger partial charge in [-0.05, 0) is 44.4 Å². The summed E-state index contributed by atoms with van der Waals surface area (Å²) >= 11 is 0. The van der Waals surface area contributed by atoms with Gasteiger partial charge in [-0.1, -0.05) is 18.6 Å². The number of ether oxygens (including phenoxy) is 1. The number of hydrogen-bond acceptors (Lipinski definition) is 4. The fourth-order valence-corrected chi connectivity index (χ4v) is 3.48.